The highest BCUT2D eigenvalue weighted by atomic mass is 16.4. The number of carboxylic acids is 1. The highest BCUT2D eigenvalue weighted by Crippen LogP contribution is 2.07. The molecule has 0 aliphatic carbocycles. The first-order valence-corrected chi connectivity index (χ1v) is 4.99. The van der Waals surface area contributed by atoms with Crippen LogP contribution >= 0.6 is 0 Å². The van der Waals surface area contributed by atoms with E-state index in [0.29, 0.717) is 19.6 Å². The Morgan fingerprint density at radius 2 is 2.33 bits per heavy atom. The van der Waals surface area contributed by atoms with Gasteiger partial charge < -0.3 is 16.2 Å². The molecule has 1 heterocycles. The number of piperazine rings is 1. The third-order valence-electron chi connectivity index (χ3n) is 2.63. The summed E-state index contributed by atoms with van der Waals surface area (Å²) in [5.41, 5.74) is 5.15. The van der Waals surface area contributed by atoms with Gasteiger partial charge >= 0.3 is 5.97 Å². The Morgan fingerprint density at radius 3 is 2.87 bits per heavy atom. The molecule has 6 nitrogen and oxygen atoms in total. The molecule has 1 aliphatic heterocycles. The molecule has 15 heavy (non-hydrogen) atoms. The average molecular weight is 215 g/mol. The third kappa shape index (κ3) is 3.17. The van der Waals surface area contributed by atoms with Crippen molar-refractivity contribution in [1.29, 1.82) is 0 Å². The normalized spacial score (nSPS) is 24.7. The molecule has 0 aromatic carbocycles. The number of rotatable bonds is 4. The summed E-state index contributed by atoms with van der Waals surface area (Å²) in [7, 11) is 0. The van der Waals surface area contributed by atoms with Crippen molar-refractivity contribution in [3.8, 4) is 0 Å². The number of hydrogen-bond donors (Lipinski definition) is 3. The lowest BCUT2D eigenvalue weighted by Crippen LogP contribution is -2.56. The van der Waals surface area contributed by atoms with Gasteiger partial charge in [0.25, 0.3) is 0 Å². The Morgan fingerprint density at radius 1 is 1.67 bits per heavy atom. The van der Waals surface area contributed by atoms with E-state index < -0.39 is 17.9 Å². The largest absolute Gasteiger partial charge is 0.480 e. The van der Waals surface area contributed by atoms with Crippen LogP contribution in [0.15, 0.2) is 0 Å². The summed E-state index contributed by atoms with van der Waals surface area (Å²) >= 11 is 0. The molecule has 6 heteroatoms. The minimum Gasteiger partial charge on any atom is -0.480 e. The molecule has 0 saturated carbocycles. The molecule has 0 aromatic heterocycles. The lowest BCUT2D eigenvalue weighted by atomic mass is 10.1. The number of carboxylic acid groups (broad SMARTS) is 1. The van der Waals surface area contributed by atoms with Crippen LogP contribution in [0.3, 0.4) is 0 Å². The van der Waals surface area contributed by atoms with Gasteiger partial charge in [-0.15, -0.1) is 0 Å². The highest BCUT2D eigenvalue weighted by Gasteiger charge is 2.29. The van der Waals surface area contributed by atoms with Crippen molar-refractivity contribution in [2.75, 3.05) is 26.2 Å². The minimum atomic E-state index is -0.862. The van der Waals surface area contributed by atoms with E-state index in [9.17, 15) is 9.59 Å². The molecule has 86 valence electrons. The van der Waals surface area contributed by atoms with Crippen molar-refractivity contribution < 1.29 is 14.7 Å². The van der Waals surface area contributed by atoms with E-state index in [-0.39, 0.29) is 5.92 Å². The Kier molecular flexibility index (Phi) is 4.05. The number of nitrogens with two attached hydrogens (primary N) is 1. The summed E-state index contributed by atoms with van der Waals surface area (Å²) in [5, 5.41) is 12.0. The summed E-state index contributed by atoms with van der Waals surface area (Å²) < 4.78 is 0. The zero-order valence-electron chi connectivity index (χ0n) is 8.77. The van der Waals surface area contributed by atoms with E-state index in [1.54, 1.807) is 11.8 Å². The van der Waals surface area contributed by atoms with E-state index in [2.05, 4.69) is 5.32 Å². The molecule has 2 unspecified atom stereocenters. The summed E-state index contributed by atoms with van der Waals surface area (Å²) in [6.07, 6.45) is 0. The quantitative estimate of drug-likeness (QED) is 0.528. The van der Waals surface area contributed by atoms with Crippen LogP contribution in [0.25, 0.3) is 0 Å². The number of nitrogens with zero attached hydrogens (tertiary/aromatic N) is 1. The second-order valence-electron chi connectivity index (χ2n) is 3.86. The molecule has 0 radical (unpaired) electrons. The number of carbonyl (C=O) groups is 2. The van der Waals surface area contributed by atoms with E-state index in [0.717, 1.165) is 6.54 Å². The van der Waals surface area contributed by atoms with Crippen LogP contribution in [0.1, 0.15) is 6.92 Å². The lowest BCUT2D eigenvalue weighted by molar-refractivity contribution is -0.144. The maximum Gasteiger partial charge on any atom is 0.322 e. The number of primary amides is 1. The van der Waals surface area contributed by atoms with Gasteiger partial charge in [-0.3, -0.25) is 14.5 Å². The maximum atomic E-state index is 10.9. The van der Waals surface area contributed by atoms with Crippen LogP contribution < -0.4 is 11.1 Å². The number of carbonyl (C=O) groups excluding carboxylic acids is 1. The minimum absolute atomic E-state index is 0.315. The van der Waals surface area contributed by atoms with Crippen LogP contribution in [0, 0.1) is 5.92 Å². The van der Waals surface area contributed by atoms with E-state index in [1.807, 2.05) is 0 Å². The van der Waals surface area contributed by atoms with Gasteiger partial charge in [0, 0.05) is 32.1 Å². The molecule has 4 N–H and O–H groups in total. The first-order valence-electron chi connectivity index (χ1n) is 4.99. The average Bonchev–Trinajstić information content (AvgIpc) is 2.18. The fourth-order valence-corrected chi connectivity index (χ4v) is 1.65. The molecule has 1 fully saturated rings. The van der Waals surface area contributed by atoms with Crippen molar-refractivity contribution in [2.45, 2.75) is 13.0 Å². The first kappa shape index (κ1) is 11.9. The van der Waals surface area contributed by atoms with Gasteiger partial charge in [-0.25, -0.2) is 0 Å². The molecule has 1 amide bonds. The van der Waals surface area contributed by atoms with Crippen molar-refractivity contribution in [2.24, 2.45) is 11.7 Å². The summed E-state index contributed by atoms with van der Waals surface area (Å²) in [6.45, 7) is 3.92. The monoisotopic (exact) mass is 215 g/mol. The Bertz CT molecular complexity index is 257. The Balaban J connectivity index is 2.56. The Labute approximate surface area is 88.4 Å². The third-order valence-corrected chi connectivity index (χ3v) is 2.63. The molecule has 2 atom stereocenters. The fraction of sp³-hybridized carbons (Fsp3) is 0.778. The zero-order valence-corrected chi connectivity index (χ0v) is 8.77. The van der Waals surface area contributed by atoms with Gasteiger partial charge in [0.2, 0.25) is 5.91 Å². The van der Waals surface area contributed by atoms with E-state index in [1.165, 1.54) is 0 Å². The number of aliphatic carboxylic acids is 1. The molecular weight excluding hydrogens is 198 g/mol. The highest BCUT2D eigenvalue weighted by molar-refractivity contribution is 5.77. The molecule has 1 saturated heterocycles. The van der Waals surface area contributed by atoms with Gasteiger partial charge in [0.1, 0.15) is 6.04 Å². The molecule has 0 bridgehead atoms. The summed E-state index contributed by atoms with van der Waals surface area (Å²) in [4.78, 5) is 23.6. The van der Waals surface area contributed by atoms with Gasteiger partial charge in [-0.1, -0.05) is 6.92 Å². The van der Waals surface area contributed by atoms with Crippen LogP contribution in [0.5, 0.6) is 0 Å². The summed E-state index contributed by atoms with van der Waals surface area (Å²) in [6, 6.07) is -0.555. The predicted molar refractivity (Wildman–Crippen MR) is 54.2 cm³/mol. The van der Waals surface area contributed by atoms with Crippen molar-refractivity contribution >= 4 is 11.9 Å². The van der Waals surface area contributed by atoms with Gasteiger partial charge in [-0.2, -0.15) is 0 Å². The molecule has 1 rings (SSSR count). The smallest absolute Gasteiger partial charge is 0.322 e. The van der Waals surface area contributed by atoms with Gasteiger partial charge in [0.05, 0.1) is 0 Å². The van der Waals surface area contributed by atoms with Crippen molar-refractivity contribution in [1.82, 2.24) is 10.2 Å². The van der Waals surface area contributed by atoms with Crippen LogP contribution in [0.2, 0.25) is 0 Å². The molecule has 0 spiro atoms. The van der Waals surface area contributed by atoms with Crippen LogP contribution in [-0.2, 0) is 9.59 Å². The summed E-state index contributed by atoms with van der Waals surface area (Å²) in [5.74, 6) is -1.57. The topological polar surface area (TPSA) is 95.7 Å². The van der Waals surface area contributed by atoms with Gasteiger partial charge in [-0.05, 0) is 0 Å². The Hall–Kier alpha value is -1.14. The first-order chi connectivity index (χ1) is 7.02. The lowest BCUT2D eigenvalue weighted by Gasteiger charge is -2.34. The number of nitrogens with one attached hydrogen (secondary N) is 1. The predicted octanol–water partition coefficient (Wildman–Crippen LogP) is -1.53. The molecule has 0 aromatic rings. The van der Waals surface area contributed by atoms with E-state index in [4.69, 9.17) is 10.8 Å². The fourth-order valence-electron chi connectivity index (χ4n) is 1.65. The maximum absolute atomic E-state index is 10.9. The van der Waals surface area contributed by atoms with Crippen molar-refractivity contribution in [3.05, 3.63) is 0 Å². The van der Waals surface area contributed by atoms with Crippen LogP contribution in [0.4, 0.5) is 0 Å². The molecular formula is C9H17N3O3. The van der Waals surface area contributed by atoms with Crippen molar-refractivity contribution in [3.63, 3.8) is 0 Å². The second-order valence-corrected chi connectivity index (χ2v) is 3.86. The van der Waals surface area contributed by atoms with Crippen LogP contribution in [-0.4, -0.2) is 54.1 Å². The van der Waals surface area contributed by atoms with Gasteiger partial charge in [0.15, 0.2) is 0 Å². The van der Waals surface area contributed by atoms with E-state index >= 15 is 0 Å². The second kappa shape index (κ2) is 5.09. The molecule has 1 aliphatic rings. The SMILES string of the molecule is CC(CN1CCNCC1C(=O)O)C(N)=O. The number of hydrogen-bond acceptors (Lipinski definition) is 4. The zero-order chi connectivity index (χ0) is 11.4. The number of amides is 1. The standard InChI is InChI=1S/C9H17N3O3/c1-6(8(10)13)5-12-3-2-11-4-7(12)9(14)15/h6-7,11H,2-5H2,1H3,(H2,10,13)(H,14,15).